The summed E-state index contributed by atoms with van der Waals surface area (Å²) in [4.78, 5) is 2.14. The maximum absolute atomic E-state index is 9.19. The first-order chi connectivity index (χ1) is 9.58. The van der Waals surface area contributed by atoms with E-state index in [4.69, 9.17) is 23.2 Å². The fraction of sp³-hybridized carbons (Fsp3) is 0.357. The third kappa shape index (κ3) is 4.21. The summed E-state index contributed by atoms with van der Waals surface area (Å²) in [5.41, 5.74) is 2.18. The molecular weight excluding hydrogens is 297 g/mol. The first kappa shape index (κ1) is 15.3. The molecule has 0 radical (unpaired) electrons. The van der Waals surface area contributed by atoms with Crippen LogP contribution in [-0.4, -0.2) is 32.9 Å². The van der Waals surface area contributed by atoms with Gasteiger partial charge in [0.05, 0.1) is 22.8 Å². The van der Waals surface area contributed by atoms with Crippen LogP contribution >= 0.6 is 23.2 Å². The monoisotopic (exact) mass is 313 g/mol. The minimum absolute atomic E-state index is 0.113. The number of aliphatic hydroxyl groups is 1. The van der Waals surface area contributed by atoms with E-state index >= 15 is 0 Å². The molecule has 2 aromatic rings. The van der Waals surface area contributed by atoms with Crippen molar-refractivity contribution >= 4 is 23.2 Å². The molecule has 1 aromatic heterocycles. The fourth-order valence-corrected chi connectivity index (χ4v) is 2.38. The van der Waals surface area contributed by atoms with E-state index in [1.165, 1.54) is 0 Å². The van der Waals surface area contributed by atoms with E-state index < -0.39 is 0 Å². The number of aromatic nitrogens is 2. The lowest BCUT2D eigenvalue weighted by molar-refractivity contribution is 0.184. The Hall–Kier alpha value is -1.07. The molecule has 0 aliphatic rings. The van der Waals surface area contributed by atoms with Crippen molar-refractivity contribution in [2.24, 2.45) is 7.05 Å². The van der Waals surface area contributed by atoms with Crippen LogP contribution in [-0.2, 0) is 20.1 Å². The van der Waals surface area contributed by atoms with Gasteiger partial charge < -0.3 is 5.11 Å². The standard InChI is InChI=1S/C14H17Cl2N3O/c1-18-8-12(7-17-18)10-19(4-5-20)9-11-2-3-13(15)14(16)6-11/h2-3,6-8,20H,4-5,9-10H2,1H3. The van der Waals surface area contributed by atoms with E-state index in [2.05, 4.69) is 10.00 Å². The van der Waals surface area contributed by atoms with Gasteiger partial charge in [-0.05, 0) is 17.7 Å². The van der Waals surface area contributed by atoms with Crippen LogP contribution in [0.15, 0.2) is 30.6 Å². The zero-order valence-electron chi connectivity index (χ0n) is 11.3. The highest BCUT2D eigenvalue weighted by Crippen LogP contribution is 2.23. The number of benzene rings is 1. The summed E-state index contributed by atoms with van der Waals surface area (Å²) in [5, 5.41) is 14.4. The highest BCUT2D eigenvalue weighted by Gasteiger charge is 2.09. The summed E-state index contributed by atoms with van der Waals surface area (Å²) >= 11 is 11.9. The Morgan fingerprint density at radius 2 is 1.95 bits per heavy atom. The van der Waals surface area contributed by atoms with Crippen LogP contribution in [0, 0.1) is 0 Å². The normalized spacial score (nSPS) is 11.2. The third-order valence-electron chi connectivity index (χ3n) is 2.97. The fourth-order valence-electron chi connectivity index (χ4n) is 2.06. The molecule has 0 saturated heterocycles. The highest BCUT2D eigenvalue weighted by molar-refractivity contribution is 6.42. The minimum atomic E-state index is 0.113. The van der Waals surface area contributed by atoms with Crippen molar-refractivity contribution in [2.45, 2.75) is 13.1 Å². The summed E-state index contributed by atoms with van der Waals surface area (Å²) < 4.78 is 1.77. The van der Waals surface area contributed by atoms with Crippen molar-refractivity contribution in [1.82, 2.24) is 14.7 Å². The Kier molecular flexibility index (Phi) is 5.43. The molecule has 0 amide bonds. The summed E-state index contributed by atoms with van der Waals surface area (Å²) in [6.07, 6.45) is 3.80. The molecular formula is C14H17Cl2N3O. The molecule has 6 heteroatoms. The third-order valence-corrected chi connectivity index (χ3v) is 3.71. The van der Waals surface area contributed by atoms with Gasteiger partial charge in [-0.3, -0.25) is 9.58 Å². The number of aliphatic hydroxyl groups excluding tert-OH is 1. The highest BCUT2D eigenvalue weighted by atomic mass is 35.5. The summed E-state index contributed by atoms with van der Waals surface area (Å²) in [6, 6.07) is 5.60. The Morgan fingerprint density at radius 1 is 1.20 bits per heavy atom. The number of aryl methyl sites for hydroxylation is 1. The van der Waals surface area contributed by atoms with Gasteiger partial charge >= 0.3 is 0 Å². The number of rotatable bonds is 6. The van der Waals surface area contributed by atoms with Gasteiger partial charge in [0, 0.05) is 38.4 Å². The molecule has 0 unspecified atom stereocenters. The average molecular weight is 314 g/mol. The molecule has 0 saturated carbocycles. The number of nitrogens with zero attached hydrogens (tertiary/aromatic N) is 3. The lowest BCUT2D eigenvalue weighted by atomic mass is 10.2. The number of halogens is 2. The Labute approximate surface area is 128 Å². The van der Waals surface area contributed by atoms with Gasteiger partial charge in [-0.2, -0.15) is 5.10 Å². The molecule has 4 nitrogen and oxygen atoms in total. The van der Waals surface area contributed by atoms with E-state index in [1.54, 1.807) is 10.7 Å². The predicted molar refractivity (Wildman–Crippen MR) is 80.9 cm³/mol. The van der Waals surface area contributed by atoms with Crippen LogP contribution in [0.3, 0.4) is 0 Å². The van der Waals surface area contributed by atoms with Crippen LogP contribution in [0.25, 0.3) is 0 Å². The van der Waals surface area contributed by atoms with Gasteiger partial charge in [-0.15, -0.1) is 0 Å². The molecule has 0 fully saturated rings. The molecule has 20 heavy (non-hydrogen) atoms. The Balaban J connectivity index is 2.06. The molecule has 1 N–H and O–H groups in total. The Bertz CT molecular complexity index is 571. The van der Waals surface area contributed by atoms with Crippen LogP contribution in [0.1, 0.15) is 11.1 Å². The van der Waals surface area contributed by atoms with Crippen molar-refractivity contribution in [3.8, 4) is 0 Å². The average Bonchev–Trinajstić information content (AvgIpc) is 2.80. The zero-order valence-corrected chi connectivity index (χ0v) is 12.8. The second-order valence-corrected chi connectivity index (χ2v) is 5.52. The second-order valence-electron chi connectivity index (χ2n) is 4.70. The van der Waals surface area contributed by atoms with E-state index in [0.717, 1.165) is 17.7 Å². The molecule has 0 aliphatic heterocycles. The molecule has 2 rings (SSSR count). The SMILES string of the molecule is Cn1cc(CN(CCO)Cc2ccc(Cl)c(Cl)c2)cn1. The molecule has 0 spiro atoms. The van der Waals surface area contributed by atoms with Gasteiger partial charge in [0.1, 0.15) is 0 Å². The maximum atomic E-state index is 9.19. The first-order valence-corrected chi connectivity index (χ1v) is 7.08. The van der Waals surface area contributed by atoms with E-state index in [9.17, 15) is 5.11 Å². The van der Waals surface area contributed by atoms with Crippen molar-refractivity contribution in [3.63, 3.8) is 0 Å². The van der Waals surface area contributed by atoms with Gasteiger partial charge in [0.15, 0.2) is 0 Å². The molecule has 0 bridgehead atoms. The topological polar surface area (TPSA) is 41.3 Å². The van der Waals surface area contributed by atoms with Gasteiger partial charge in [0.2, 0.25) is 0 Å². The van der Waals surface area contributed by atoms with Gasteiger partial charge in [-0.25, -0.2) is 0 Å². The summed E-state index contributed by atoms with van der Waals surface area (Å²) in [6.45, 7) is 2.14. The molecule has 0 aliphatic carbocycles. The van der Waals surface area contributed by atoms with Gasteiger partial charge in [-0.1, -0.05) is 29.3 Å². The van der Waals surface area contributed by atoms with E-state index in [0.29, 0.717) is 23.1 Å². The van der Waals surface area contributed by atoms with Gasteiger partial charge in [0.25, 0.3) is 0 Å². The minimum Gasteiger partial charge on any atom is -0.395 e. The largest absolute Gasteiger partial charge is 0.395 e. The lowest BCUT2D eigenvalue weighted by Gasteiger charge is -2.20. The zero-order chi connectivity index (χ0) is 14.5. The lowest BCUT2D eigenvalue weighted by Crippen LogP contribution is -2.25. The summed E-state index contributed by atoms with van der Waals surface area (Å²) in [5.74, 6) is 0. The van der Waals surface area contributed by atoms with Crippen molar-refractivity contribution in [2.75, 3.05) is 13.2 Å². The molecule has 1 aromatic carbocycles. The number of hydrogen-bond donors (Lipinski definition) is 1. The molecule has 1 heterocycles. The van der Waals surface area contributed by atoms with Crippen LogP contribution < -0.4 is 0 Å². The van der Waals surface area contributed by atoms with Crippen molar-refractivity contribution in [3.05, 3.63) is 51.8 Å². The molecule has 108 valence electrons. The van der Waals surface area contributed by atoms with Crippen LogP contribution in [0.2, 0.25) is 10.0 Å². The smallest absolute Gasteiger partial charge is 0.0595 e. The van der Waals surface area contributed by atoms with Crippen molar-refractivity contribution < 1.29 is 5.11 Å². The predicted octanol–water partition coefficient (Wildman–Crippen LogP) is 2.72. The first-order valence-electron chi connectivity index (χ1n) is 6.33. The second kappa shape index (κ2) is 7.09. The summed E-state index contributed by atoms with van der Waals surface area (Å²) in [7, 11) is 1.89. The maximum Gasteiger partial charge on any atom is 0.0595 e. The van der Waals surface area contributed by atoms with Crippen LogP contribution in [0.4, 0.5) is 0 Å². The van der Waals surface area contributed by atoms with E-state index in [-0.39, 0.29) is 6.61 Å². The number of hydrogen-bond acceptors (Lipinski definition) is 3. The Morgan fingerprint density at radius 3 is 2.55 bits per heavy atom. The van der Waals surface area contributed by atoms with Crippen LogP contribution in [0.5, 0.6) is 0 Å². The van der Waals surface area contributed by atoms with E-state index in [1.807, 2.05) is 31.6 Å². The van der Waals surface area contributed by atoms with Crippen molar-refractivity contribution in [1.29, 1.82) is 0 Å². The molecule has 0 atom stereocenters. The quantitative estimate of drug-likeness (QED) is 0.891.